The summed E-state index contributed by atoms with van der Waals surface area (Å²) in [5.74, 6) is 0.748. The molecule has 62 valence electrons. The first kappa shape index (κ1) is 8.18. The summed E-state index contributed by atoms with van der Waals surface area (Å²) in [5.41, 5.74) is 3.29. The van der Waals surface area contributed by atoms with Crippen molar-refractivity contribution in [3.63, 3.8) is 0 Å². The zero-order chi connectivity index (χ0) is 8.10. The highest BCUT2D eigenvalue weighted by Gasteiger charge is 1.95. The van der Waals surface area contributed by atoms with Gasteiger partial charge in [-0.05, 0) is 18.1 Å². The topological polar surface area (TPSA) is 17.0 Å². The second-order valence-electron chi connectivity index (χ2n) is 2.97. The molecule has 1 atom stereocenters. The molecule has 0 fully saturated rings. The van der Waals surface area contributed by atoms with Crippen molar-refractivity contribution in [2.45, 2.75) is 20.3 Å². The minimum absolute atomic E-state index is 0.748. The van der Waals surface area contributed by atoms with Crippen molar-refractivity contribution in [2.75, 3.05) is 12.0 Å². The molecule has 0 aliphatic heterocycles. The largest absolute Gasteiger partial charge is 0.326 e. The molecule has 1 heterocycles. The molecular weight excluding hydrogens is 136 g/mol. The van der Waals surface area contributed by atoms with Crippen LogP contribution in [0.15, 0.2) is 24.5 Å². The van der Waals surface area contributed by atoms with Crippen molar-refractivity contribution in [3.05, 3.63) is 24.5 Å². The zero-order valence-corrected chi connectivity index (χ0v) is 7.25. The van der Waals surface area contributed by atoms with E-state index in [-0.39, 0.29) is 0 Å². The van der Waals surface area contributed by atoms with Crippen LogP contribution in [0.5, 0.6) is 0 Å². The van der Waals surface area contributed by atoms with Crippen molar-refractivity contribution in [1.29, 1.82) is 0 Å². The maximum Gasteiger partial charge on any atom is 0.0339 e. The Hall–Kier alpha value is -0.920. The smallest absolute Gasteiger partial charge is 0.0339 e. The Kier molecular flexibility index (Phi) is 3.02. The molecule has 1 rings (SSSR count). The minimum atomic E-state index is 0.748. The van der Waals surface area contributed by atoms with Crippen LogP contribution in [0.3, 0.4) is 0 Å². The molecule has 0 amide bonds. The average Bonchev–Trinajstić information content (AvgIpc) is 2.52. The van der Waals surface area contributed by atoms with Gasteiger partial charge < -0.3 is 5.43 Å². The van der Waals surface area contributed by atoms with Crippen LogP contribution in [0.1, 0.15) is 20.3 Å². The van der Waals surface area contributed by atoms with E-state index in [9.17, 15) is 0 Å². The Bertz CT molecular complexity index is 179. The molecule has 11 heavy (non-hydrogen) atoms. The van der Waals surface area contributed by atoms with Gasteiger partial charge >= 0.3 is 0 Å². The molecule has 2 nitrogen and oxygen atoms in total. The summed E-state index contributed by atoms with van der Waals surface area (Å²) in [6.07, 6.45) is 5.26. The van der Waals surface area contributed by atoms with Crippen molar-refractivity contribution < 1.29 is 0 Å². The SMILES string of the molecule is CCC(C)CNn1cccc1. The third-order valence-electron chi connectivity index (χ3n) is 1.92. The summed E-state index contributed by atoms with van der Waals surface area (Å²) in [6, 6.07) is 4.03. The van der Waals surface area contributed by atoms with Gasteiger partial charge in [-0.1, -0.05) is 20.3 Å². The highest BCUT2D eigenvalue weighted by molar-refractivity contribution is 4.93. The standard InChI is InChI=1S/C9H16N2/c1-3-9(2)8-10-11-6-4-5-7-11/h4-7,9-10H,3,8H2,1-2H3. The molecule has 1 aromatic rings. The number of hydrogen-bond acceptors (Lipinski definition) is 1. The predicted octanol–water partition coefficient (Wildman–Crippen LogP) is 2.08. The Labute approximate surface area is 68.2 Å². The Balaban J connectivity index is 2.23. The van der Waals surface area contributed by atoms with E-state index in [4.69, 9.17) is 0 Å². The first-order chi connectivity index (χ1) is 5.33. The highest BCUT2D eigenvalue weighted by atomic mass is 15.4. The van der Waals surface area contributed by atoms with Crippen molar-refractivity contribution >= 4 is 0 Å². The van der Waals surface area contributed by atoms with Gasteiger partial charge in [0.05, 0.1) is 0 Å². The number of aromatic nitrogens is 1. The Morgan fingerprint density at radius 3 is 2.55 bits per heavy atom. The van der Waals surface area contributed by atoms with Crippen molar-refractivity contribution in [3.8, 4) is 0 Å². The number of nitrogens with zero attached hydrogens (tertiary/aromatic N) is 1. The highest BCUT2D eigenvalue weighted by Crippen LogP contribution is 1.98. The van der Waals surface area contributed by atoms with E-state index < -0.39 is 0 Å². The van der Waals surface area contributed by atoms with Gasteiger partial charge in [-0.15, -0.1) is 0 Å². The summed E-state index contributed by atoms with van der Waals surface area (Å²) in [7, 11) is 0. The molecule has 0 aliphatic carbocycles. The Morgan fingerprint density at radius 1 is 1.36 bits per heavy atom. The molecular formula is C9H16N2. The zero-order valence-electron chi connectivity index (χ0n) is 7.25. The van der Waals surface area contributed by atoms with E-state index >= 15 is 0 Å². The fourth-order valence-corrected chi connectivity index (χ4v) is 0.846. The van der Waals surface area contributed by atoms with Crippen molar-refractivity contribution in [1.82, 2.24) is 4.68 Å². The molecule has 2 heteroatoms. The average molecular weight is 152 g/mol. The lowest BCUT2D eigenvalue weighted by atomic mass is 10.1. The second-order valence-corrected chi connectivity index (χ2v) is 2.97. The lowest BCUT2D eigenvalue weighted by molar-refractivity contribution is 0.566. The lowest BCUT2D eigenvalue weighted by Gasteiger charge is -2.11. The fourth-order valence-electron chi connectivity index (χ4n) is 0.846. The molecule has 0 bridgehead atoms. The van der Waals surface area contributed by atoms with Crippen LogP contribution in [0.2, 0.25) is 0 Å². The third-order valence-corrected chi connectivity index (χ3v) is 1.92. The molecule has 0 spiro atoms. The van der Waals surface area contributed by atoms with E-state index in [1.807, 2.05) is 29.2 Å². The van der Waals surface area contributed by atoms with Gasteiger partial charge in [-0.2, -0.15) is 0 Å². The normalized spacial score (nSPS) is 12.9. The van der Waals surface area contributed by atoms with E-state index in [2.05, 4.69) is 19.3 Å². The van der Waals surface area contributed by atoms with Gasteiger partial charge in [0.25, 0.3) is 0 Å². The molecule has 1 N–H and O–H groups in total. The molecule has 0 saturated carbocycles. The number of rotatable bonds is 4. The fraction of sp³-hybridized carbons (Fsp3) is 0.556. The first-order valence-corrected chi connectivity index (χ1v) is 4.19. The maximum atomic E-state index is 3.29. The summed E-state index contributed by atoms with van der Waals surface area (Å²) in [6.45, 7) is 5.50. The van der Waals surface area contributed by atoms with Crippen LogP contribution >= 0.6 is 0 Å². The molecule has 1 unspecified atom stereocenters. The van der Waals surface area contributed by atoms with Gasteiger partial charge in [0.2, 0.25) is 0 Å². The minimum Gasteiger partial charge on any atom is -0.326 e. The van der Waals surface area contributed by atoms with Crippen LogP contribution in [0.4, 0.5) is 0 Å². The van der Waals surface area contributed by atoms with Crippen LogP contribution < -0.4 is 5.43 Å². The Morgan fingerprint density at radius 2 is 2.00 bits per heavy atom. The van der Waals surface area contributed by atoms with Gasteiger partial charge in [-0.3, -0.25) is 4.68 Å². The maximum absolute atomic E-state index is 3.29. The summed E-state index contributed by atoms with van der Waals surface area (Å²) >= 11 is 0. The van der Waals surface area contributed by atoms with Crippen LogP contribution in [0, 0.1) is 5.92 Å². The van der Waals surface area contributed by atoms with Crippen LogP contribution in [0.25, 0.3) is 0 Å². The van der Waals surface area contributed by atoms with Gasteiger partial charge in [-0.25, -0.2) is 0 Å². The molecule has 0 saturated heterocycles. The predicted molar refractivity (Wildman–Crippen MR) is 48.1 cm³/mol. The molecule has 0 aliphatic rings. The molecule has 0 radical (unpaired) electrons. The van der Waals surface area contributed by atoms with Gasteiger partial charge in [0, 0.05) is 18.9 Å². The van der Waals surface area contributed by atoms with Crippen LogP contribution in [-0.4, -0.2) is 11.2 Å². The third kappa shape index (κ3) is 2.66. The quantitative estimate of drug-likeness (QED) is 0.699. The van der Waals surface area contributed by atoms with E-state index in [1.54, 1.807) is 0 Å². The van der Waals surface area contributed by atoms with E-state index in [0.29, 0.717) is 0 Å². The number of hydrogen-bond donors (Lipinski definition) is 1. The van der Waals surface area contributed by atoms with Crippen LogP contribution in [-0.2, 0) is 0 Å². The molecule has 1 aromatic heterocycles. The lowest BCUT2D eigenvalue weighted by Crippen LogP contribution is -2.18. The number of nitrogens with one attached hydrogen (secondary N) is 1. The monoisotopic (exact) mass is 152 g/mol. The summed E-state index contributed by atoms with van der Waals surface area (Å²) in [4.78, 5) is 0. The van der Waals surface area contributed by atoms with Crippen molar-refractivity contribution in [2.24, 2.45) is 5.92 Å². The van der Waals surface area contributed by atoms with E-state index in [1.165, 1.54) is 6.42 Å². The second kappa shape index (κ2) is 4.06. The first-order valence-electron chi connectivity index (χ1n) is 4.19. The summed E-state index contributed by atoms with van der Waals surface area (Å²) < 4.78 is 1.99. The van der Waals surface area contributed by atoms with Gasteiger partial charge in [0.15, 0.2) is 0 Å². The molecule has 0 aromatic carbocycles. The van der Waals surface area contributed by atoms with Gasteiger partial charge in [0.1, 0.15) is 0 Å². The van der Waals surface area contributed by atoms with E-state index in [0.717, 1.165) is 12.5 Å². The summed E-state index contributed by atoms with van der Waals surface area (Å²) in [5, 5.41) is 0.